The lowest BCUT2D eigenvalue weighted by molar-refractivity contribution is 0.0506. The molecule has 0 radical (unpaired) electrons. The highest BCUT2D eigenvalue weighted by Crippen LogP contribution is 2.30. The van der Waals surface area contributed by atoms with E-state index in [4.69, 9.17) is 9.72 Å². The van der Waals surface area contributed by atoms with Crippen LogP contribution in [0, 0.1) is 38.5 Å². The smallest absolute Gasteiger partial charge is 0.254 e. The normalized spacial score (nSPS) is 12.8. The fourth-order valence-corrected chi connectivity index (χ4v) is 4.96. The number of carbonyl (C=O) groups excluding carboxylic acids is 1. The van der Waals surface area contributed by atoms with Crippen molar-refractivity contribution < 1.29 is 11.0 Å². The molecule has 0 N–H and O–H groups in total. The predicted molar refractivity (Wildman–Crippen MR) is 163 cm³/mol. The highest BCUT2D eigenvalue weighted by molar-refractivity contribution is 5.94. The molecule has 1 aromatic heterocycles. The van der Waals surface area contributed by atoms with E-state index in [0.29, 0.717) is 24.9 Å². The molecule has 2 aromatic carbocycles. The van der Waals surface area contributed by atoms with Gasteiger partial charge in [0, 0.05) is 25.2 Å². The van der Waals surface area contributed by atoms with E-state index in [1.807, 2.05) is 49.1 Å². The van der Waals surface area contributed by atoms with Gasteiger partial charge in [-0.25, -0.2) is 4.98 Å². The molecule has 1 heterocycles. The van der Waals surface area contributed by atoms with Gasteiger partial charge in [0.15, 0.2) is 0 Å². The SMILES string of the molecule is Cc1cccc(C(=O)N(CCC(C)(C)C)[C@@H](COc2cc(-c3c(C)cccc3C)nc(C)n2)CC(C)(C)C)c1.[HH]. The van der Waals surface area contributed by atoms with Gasteiger partial charge < -0.3 is 9.64 Å². The number of rotatable bonds is 9. The average molecular weight is 532 g/mol. The maximum absolute atomic E-state index is 14.0. The summed E-state index contributed by atoms with van der Waals surface area (Å²) in [4.78, 5) is 25.3. The largest absolute Gasteiger partial charge is 0.475 e. The van der Waals surface area contributed by atoms with Crippen molar-refractivity contribution in [1.29, 1.82) is 0 Å². The first kappa shape index (κ1) is 30.3. The number of aromatic nitrogens is 2. The van der Waals surface area contributed by atoms with E-state index in [0.717, 1.165) is 35.2 Å². The Bertz CT molecular complexity index is 1270. The van der Waals surface area contributed by atoms with Crippen molar-refractivity contribution in [2.24, 2.45) is 10.8 Å². The summed E-state index contributed by atoms with van der Waals surface area (Å²) >= 11 is 0. The van der Waals surface area contributed by atoms with Gasteiger partial charge in [-0.3, -0.25) is 4.79 Å². The molecule has 0 fully saturated rings. The van der Waals surface area contributed by atoms with Crippen LogP contribution in [-0.4, -0.2) is 40.0 Å². The molecule has 0 aliphatic rings. The topological polar surface area (TPSA) is 55.3 Å². The van der Waals surface area contributed by atoms with Gasteiger partial charge in [-0.15, -0.1) is 0 Å². The number of aryl methyl sites for hydroxylation is 4. The number of carbonyl (C=O) groups is 1. The first-order valence-corrected chi connectivity index (χ1v) is 14.1. The van der Waals surface area contributed by atoms with E-state index >= 15 is 0 Å². The summed E-state index contributed by atoms with van der Waals surface area (Å²) in [7, 11) is 0. The lowest BCUT2D eigenvalue weighted by Gasteiger charge is -2.37. The van der Waals surface area contributed by atoms with Crippen molar-refractivity contribution >= 4 is 5.91 Å². The Morgan fingerprint density at radius 2 is 1.54 bits per heavy atom. The van der Waals surface area contributed by atoms with Crippen molar-refractivity contribution in [3.63, 3.8) is 0 Å². The summed E-state index contributed by atoms with van der Waals surface area (Å²) < 4.78 is 6.41. The van der Waals surface area contributed by atoms with Gasteiger partial charge in [0.05, 0.1) is 11.7 Å². The van der Waals surface area contributed by atoms with E-state index in [1.54, 1.807) is 0 Å². The number of benzene rings is 2. The van der Waals surface area contributed by atoms with Crippen LogP contribution in [0.25, 0.3) is 11.3 Å². The van der Waals surface area contributed by atoms with E-state index < -0.39 is 0 Å². The fourth-order valence-electron chi connectivity index (χ4n) is 4.96. The molecule has 0 spiro atoms. The van der Waals surface area contributed by atoms with E-state index in [-0.39, 0.29) is 24.2 Å². The molecule has 212 valence electrons. The Labute approximate surface area is 237 Å². The summed E-state index contributed by atoms with van der Waals surface area (Å²) in [6.07, 6.45) is 1.71. The van der Waals surface area contributed by atoms with Gasteiger partial charge in [0.25, 0.3) is 5.91 Å². The van der Waals surface area contributed by atoms with Crippen LogP contribution in [-0.2, 0) is 0 Å². The minimum atomic E-state index is -0.112. The minimum Gasteiger partial charge on any atom is -0.475 e. The van der Waals surface area contributed by atoms with E-state index in [2.05, 4.69) is 78.6 Å². The number of amides is 1. The van der Waals surface area contributed by atoms with E-state index in [9.17, 15) is 4.79 Å². The fraction of sp³-hybridized carbons (Fsp3) is 0.500. The number of hydrogen-bond donors (Lipinski definition) is 0. The predicted octanol–water partition coefficient (Wildman–Crippen LogP) is 8.39. The monoisotopic (exact) mass is 531 g/mol. The summed E-state index contributed by atoms with van der Waals surface area (Å²) in [5.41, 5.74) is 6.22. The number of hydrogen-bond acceptors (Lipinski definition) is 4. The first-order valence-electron chi connectivity index (χ1n) is 14.1. The first-order chi connectivity index (χ1) is 18.1. The average Bonchev–Trinajstić information content (AvgIpc) is 2.80. The molecular formula is C34H49N3O2. The van der Waals surface area contributed by atoms with Gasteiger partial charge in [-0.2, -0.15) is 4.98 Å². The maximum Gasteiger partial charge on any atom is 0.254 e. The van der Waals surface area contributed by atoms with Crippen LogP contribution in [0.5, 0.6) is 5.88 Å². The second-order valence-corrected chi connectivity index (χ2v) is 13.3. The lowest BCUT2D eigenvalue weighted by atomic mass is 9.86. The highest BCUT2D eigenvalue weighted by Gasteiger charge is 2.30. The summed E-state index contributed by atoms with van der Waals surface area (Å²) in [5, 5.41) is 0. The Morgan fingerprint density at radius 1 is 0.897 bits per heavy atom. The standard InChI is InChI=1S/C34H47N3O2.H2/c1-23-13-11-16-27(19-23)32(38)37(18-17-33(5,6)7)28(21-34(8,9)10)22-39-30-20-29(35-26(4)36-30)31-24(2)14-12-15-25(31)3;/h11-16,19-20,28H,17-18,21-22H2,1-10H3;1H/t28-;/m1./s1. The summed E-state index contributed by atoms with van der Waals surface area (Å²) in [5.74, 6) is 1.26. The third-order valence-corrected chi connectivity index (χ3v) is 6.89. The maximum atomic E-state index is 14.0. The van der Waals surface area contributed by atoms with Gasteiger partial charge in [0.2, 0.25) is 5.88 Å². The van der Waals surface area contributed by atoms with E-state index in [1.165, 1.54) is 11.1 Å². The second kappa shape index (κ2) is 12.3. The zero-order valence-corrected chi connectivity index (χ0v) is 25.7. The molecular weight excluding hydrogens is 482 g/mol. The van der Waals surface area contributed by atoms with Crippen molar-refractivity contribution in [2.75, 3.05) is 13.2 Å². The zero-order chi connectivity index (χ0) is 29.0. The lowest BCUT2D eigenvalue weighted by Crippen LogP contribution is -2.46. The quantitative estimate of drug-likeness (QED) is 0.278. The highest BCUT2D eigenvalue weighted by atomic mass is 16.5. The third kappa shape index (κ3) is 8.91. The van der Waals surface area contributed by atoms with Crippen LogP contribution < -0.4 is 4.74 Å². The van der Waals surface area contributed by atoms with Crippen LogP contribution in [0.1, 0.15) is 88.7 Å². The van der Waals surface area contributed by atoms with Crippen LogP contribution >= 0.6 is 0 Å². The van der Waals surface area contributed by atoms with Crippen LogP contribution in [0.2, 0.25) is 0 Å². The molecule has 0 aliphatic carbocycles. The summed E-state index contributed by atoms with van der Waals surface area (Å²) in [6.45, 7) is 22.5. The van der Waals surface area contributed by atoms with Crippen molar-refractivity contribution in [2.45, 2.75) is 88.1 Å². The molecule has 0 saturated carbocycles. The molecule has 5 nitrogen and oxygen atoms in total. The van der Waals surface area contributed by atoms with Gasteiger partial charge >= 0.3 is 0 Å². The van der Waals surface area contributed by atoms with Gasteiger partial charge in [-0.1, -0.05) is 77.4 Å². The summed E-state index contributed by atoms with van der Waals surface area (Å²) in [6, 6.07) is 16.0. The Kier molecular flexibility index (Phi) is 9.58. The molecule has 0 saturated heterocycles. The third-order valence-electron chi connectivity index (χ3n) is 6.89. The number of nitrogens with zero attached hydrogens (tertiary/aromatic N) is 3. The van der Waals surface area contributed by atoms with Crippen LogP contribution in [0.3, 0.4) is 0 Å². The number of ether oxygens (including phenoxy) is 1. The van der Waals surface area contributed by atoms with Crippen molar-refractivity contribution in [3.05, 3.63) is 76.6 Å². The molecule has 1 atom stereocenters. The Hall–Kier alpha value is -3.21. The molecule has 1 amide bonds. The second-order valence-electron chi connectivity index (χ2n) is 13.3. The van der Waals surface area contributed by atoms with Crippen molar-refractivity contribution in [1.82, 2.24) is 14.9 Å². The molecule has 3 aromatic rings. The zero-order valence-electron chi connectivity index (χ0n) is 25.7. The van der Waals surface area contributed by atoms with Gasteiger partial charge in [0.1, 0.15) is 12.4 Å². The molecule has 0 unspecified atom stereocenters. The molecule has 0 bridgehead atoms. The van der Waals surface area contributed by atoms with Crippen LogP contribution in [0.4, 0.5) is 0 Å². The molecule has 0 aliphatic heterocycles. The molecule has 5 heteroatoms. The minimum absolute atomic E-state index is 0. The Balaban J connectivity index is 0.00000560. The Morgan fingerprint density at radius 3 is 2.13 bits per heavy atom. The molecule has 39 heavy (non-hydrogen) atoms. The van der Waals surface area contributed by atoms with Crippen LogP contribution in [0.15, 0.2) is 48.5 Å². The van der Waals surface area contributed by atoms with Crippen molar-refractivity contribution in [3.8, 4) is 17.1 Å². The van der Waals surface area contributed by atoms with Gasteiger partial charge in [-0.05, 0) is 74.6 Å². The molecule has 3 rings (SSSR count).